The van der Waals surface area contributed by atoms with E-state index in [-0.39, 0.29) is 6.04 Å². The molecule has 2 aromatic rings. The van der Waals surface area contributed by atoms with E-state index in [1.165, 1.54) is 10.5 Å². The fourth-order valence-corrected chi connectivity index (χ4v) is 4.27. The van der Waals surface area contributed by atoms with Crippen LogP contribution in [0.25, 0.3) is 11.3 Å². The molecule has 1 fully saturated rings. The Bertz CT molecular complexity index is 898. The summed E-state index contributed by atoms with van der Waals surface area (Å²) in [5.41, 5.74) is 3.61. The predicted octanol–water partition coefficient (Wildman–Crippen LogP) is 5.77. The van der Waals surface area contributed by atoms with Gasteiger partial charge < -0.3 is 14.5 Å². The van der Waals surface area contributed by atoms with Crippen LogP contribution in [0.3, 0.4) is 0 Å². The zero-order valence-corrected chi connectivity index (χ0v) is 16.4. The second-order valence-electron chi connectivity index (χ2n) is 7.27. The van der Waals surface area contributed by atoms with Gasteiger partial charge in [0.25, 0.3) is 0 Å². The molecule has 27 heavy (non-hydrogen) atoms. The minimum Gasteiger partial charge on any atom is -0.465 e. The molecule has 1 aliphatic heterocycles. The summed E-state index contributed by atoms with van der Waals surface area (Å²) in [4.78, 5) is 12.7. The number of carbonyl (C=O) groups is 1. The molecule has 1 saturated carbocycles. The van der Waals surface area contributed by atoms with Crippen molar-refractivity contribution >= 4 is 29.3 Å². The van der Waals surface area contributed by atoms with Crippen LogP contribution in [0.1, 0.15) is 43.4 Å². The summed E-state index contributed by atoms with van der Waals surface area (Å²) < 4.78 is 5.71. The van der Waals surface area contributed by atoms with E-state index < -0.39 is 6.09 Å². The molecule has 1 atom stereocenters. The lowest BCUT2D eigenvalue weighted by Crippen LogP contribution is -2.40. The monoisotopic (exact) mass is 406 g/mol. The first-order valence-electron chi connectivity index (χ1n) is 9.06. The zero-order chi connectivity index (χ0) is 19.1. The summed E-state index contributed by atoms with van der Waals surface area (Å²) in [5, 5.41) is 14.7. The van der Waals surface area contributed by atoms with Crippen LogP contribution in [0.2, 0.25) is 10.0 Å². The molecule has 2 aliphatic rings. The van der Waals surface area contributed by atoms with E-state index in [1.807, 2.05) is 19.1 Å². The Morgan fingerprint density at radius 3 is 2.63 bits per heavy atom. The van der Waals surface area contributed by atoms with Gasteiger partial charge in [0.1, 0.15) is 11.5 Å². The molecule has 7 heteroatoms. The van der Waals surface area contributed by atoms with Crippen LogP contribution in [-0.4, -0.2) is 33.8 Å². The average molecular weight is 407 g/mol. The van der Waals surface area contributed by atoms with Crippen molar-refractivity contribution < 1.29 is 14.4 Å². The third-order valence-electron chi connectivity index (χ3n) is 5.28. The lowest BCUT2D eigenvalue weighted by Gasteiger charge is -2.30. The van der Waals surface area contributed by atoms with Gasteiger partial charge in [-0.1, -0.05) is 46.1 Å². The van der Waals surface area contributed by atoms with Gasteiger partial charge in [-0.15, -0.1) is 0 Å². The number of amides is 1. The molecule has 1 aromatic heterocycles. The summed E-state index contributed by atoms with van der Waals surface area (Å²) in [7, 11) is 0. The molecule has 1 N–H and O–H groups in total. The van der Waals surface area contributed by atoms with Gasteiger partial charge in [-0.25, -0.2) is 4.79 Å². The number of halogens is 2. The van der Waals surface area contributed by atoms with Gasteiger partial charge >= 0.3 is 6.09 Å². The van der Waals surface area contributed by atoms with Gasteiger partial charge in [-0.05, 0) is 44.7 Å². The van der Waals surface area contributed by atoms with Crippen molar-refractivity contribution in [3.05, 3.63) is 51.2 Å². The molecular weight excluding hydrogens is 387 g/mol. The first kappa shape index (κ1) is 18.4. The molecule has 4 rings (SSSR count). The molecule has 0 saturated heterocycles. The Balaban J connectivity index is 1.70. The molecule has 5 nitrogen and oxygen atoms in total. The summed E-state index contributed by atoms with van der Waals surface area (Å²) >= 11 is 12.8. The molecular formula is C20H20Cl2N2O3. The Labute approximate surface area is 167 Å². The van der Waals surface area contributed by atoms with Crippen LogP contribution < -0.4 is 0 Å². The molecule has 1 amide bonds. The standard InChI is InChI=1S/C20H20Cl2N2O3/c1-11-9-12(7-8-24(11)20(25)26)10-14-18(23-27-19(14)13-5-6-13)17-15(21)3-2-4-16(17)22/h2-4,7,11,13H,5-6,8-10H2,1H3,(H,25,26). The molecule has 1 aromatic carbocycles. The van der Waals surface area contributed by atoms with Crippen LogP contribution in [-0.2, 0) is 6.42 Å². The van der Waals surface area contributed by atoms with Gasteiger partial charge in [0.2, 0.25) is 0 Å². The van der Waals surface area contributed by atoms with Crippen molar-refractivity contribution in [2.75, 3.05) is 6.54 Å². The molecule has 2 heterocycles. The maximum absolute atomic E-state index is 11.3. The highest BCUT2D eigenvalue weighted by Gasteiger charge is 2.34. The Hall–Kier alpha value is -1.98. The maximum atomic E-state index is 11.3. The van der Waals surface area contributed by atoms with E-state index >= 15 is 0 Å². The van der Waals surface area contributed by atoms with E-state index in [9.17, 15) is 9.90 Å². The highest BCUT2D eigenvalue weighted by atomic mass is 35.5. The van der Waals surface area contributed by atoms with E-state index in [1.54, 1.807) is 12.1 Å². The maximum Gasteiger partial charge on any atom is 0.407 e. The molecule has 142 valence electrons. The molecule has 0 spiro atoms. The quantitative estimate of drug-likeness (QED) is 0.654. The van der Waals surface area contributed by atoms with E-state index in [2.05, 4.69) is 5.16 Å². The highest BCUT2D eigenvalue weighted by molar-refractivity contribution is 6.39. The third kappa shape index (κ3) is 3.58. The molecule has 0 radical (unpaired) electrons. The Morgan fingerprint density at radius 1 is 1.33 bits per heavy atom. The van der Waals surface area contributed by atoms with Crippen molar-refractivity contribution in [3.63, 3.8) is 0 Å². The van der Waals surface area contributed by atoms with E-state index in [0.29, 0.717) is 46.6 Å². The van der Waals surface area contributed by atoms with Crippen LogP contribution in [0.4, 0.5) is 4.79 Å². The Morgan fingerprint density at radius 2 is 2.04 bits per heavy atom. The van der Waals surface area contributed by atoms with Gasteiger partial charge in [-0.3, -0.25) is 0 Å². The fraction of sp³-hybridized carbons (Fsp3) is 0.400. The summed E-state index contributed by atoms with van der Waals surface area (Å²) in [6.07, 6.45) is 4.67. The van der Waals surface area contributed by atoms with Crippen molar-refractivity contribution in [1.82, 2.24) is 10.1 Å². The number of aromatic nitrogens is 1. The van der Waals surface area contributed by atoms with Crippen LogP contribution >= 0.6 is 23.2 Å². The number of rotatable bonds is 4. The van der Waals surface area contributed by atoms with Gasteiger partial charge in [0.15, 0.2) is 0 Å². The molecule has 0 bridgehead atoms. The van der Waals surface area contributed by atoms with Crippen LogP contribution in [0, 0.1) is 0 Å². The number of benzene rings is 1. The summed E-state index contributed by atoms with van der Waals surface area (Å²) in [6.45, 7) is 2.33. The SMILES string of the molecule is CC1CC(Cc2c(-c3c(Cl)cccc3Cl)noc2C2CC2)=CCN1C(=O)O. The number of carboxylic acid groups (broad SMARTS) is 1. The summed E-state index contributed by atoms with van der Waals surface area (Å²) in [5.74, 6) is 1.31. The lowest BCUT2D eigenvalue weighted by atomic mass is 9.92. The fourth-order valence-electron chi connectivity index (χ4n) is 3.70. The number of nitrogens with zero attached hydrogens (tertiary/aromatic N) is 2. The normalized spacial score (nSPS) is 19.9. The topological polar surface area (TPSA) is 66.6 Å². The average Bonchev–Trinajstić information content (AvgIpc) is 3.37. The second kappa shape index (κ2) is 7.21. The minimum absolute atomic E-state index is 0.0564. The third-order valence-corrected chi connectivity index (χ3v) is 5.91. The highest BCUT2D eigenvalue weighted by Crippen LogP contribution is 2.46. The van der Waals surface area contributed by atoms with Crippen LogP contribution in [0.15, 0.2) is 34.4 Å². The molecule has 1 aliphatic carbocycles. The van der Waals surface area contributed by atoms with Crippen molar-refractivity contribution in [2.24, 2.45) is 0 Å². The molecule has 1 unspecified atom stereocenters. The number of hydrogen-bond donors (Lipinski definition) is 1. The van der Waals surface area contributed by atoms with Crippen LogP contribution in [0.5, 0.6) is 0 Å². The second-order valence-corrected chi connectivity index (χ2v) is 8.09. The van der Waals surface area contributed by atoms with E-state index in [0.717, 1.165) is 24.2 Å². The van der Waals surface area contributed by atoms with Gasteiger partial charge in [0, 0.05) is 29.6 Å². The minimum atomic E-state index is -0.884. The first-order valence-corrected chi connectivity index (χ1v) is 9.81. The van der Waals surface area contributed by atoms with Crippen molar-refractivity contribution in [2.45, 2.75) is 44.6 Å². The Kier molecular flexibility index (Phi) is 4.91. The largest absolute Gasteiger partial charge is 0.465 e. The van der Waals surface area contributed by atoms with Gasteiger partial charge in [-0.2, -0.15) is 0 Å². The summed E-state index contributed by atoms with van der Waals surface area (Å²) in [6, 6.07) is 5.34. The zero-order valence-electron chi connectivity index (χ0n) is 14.9. The predicted molar refractivity (Wildman–Crippen MR) is 105 cm³/mol. The smallest absolute Gasteiger partial charge is 0.407 e. The van der Waals surface area contributed by atoms with Crippen molar-refractivity contribution in [1.29, 1.82) is 0 Å². The van der Waals surface area contributed by atoms with Gasteiger partial charge in [0.05, 0.1) is 10.0 Å². The first-order chi connectivity index (χ1) is 13.0. The van der Waals surface area contributed by atoms with E-state index in [4.69, 9.17) is 27.7 Å². The lowest BCUT2D eigenvalue weighted by molar-refractivity contribution is 0.131. The van der Waals surface area contributed by atoms with Crippen molar-refractivity contribution in [3.8, 4) is 11.3 Å². The number of hydrogen-bond acceptors (Lipinski definition) is 3.